The van der Waals surface area contributed by atoms with Crippen molar-refractivity contribution in [2.75, 3.05) is 26.8 Å². The van der Waals surface area contributed by atoms with Gasteiger partial charge in [0.2, 0.25) is 10.0 Å². The molecule has 4 rings (SSSR count). The molecule has 3 aromatic carbocycles. The zero-order valence-corrected chi connectivity index (χ0v) is 23.8. The number of hydrogen-bond acceptors (Lipinski definition) is 5. The van der Waals surface area contributed by atoms with Gasteiger partial charge in [0.25, 0.3) is 0 Å². The highest BCUT2D eigenvalue weighted by atomic mass is 32.2. The van der Waals surface area contributed by atoms with Crippen LogP contribution < -0.4 is 4.74 Å². The van der Waals surface area contributed by atoms with Gasteiger partial charge in [-0.1, -0.05) is 67.1 Å². The standard InChI is InChI=1S/C31H33F2NO5S/c1-5-39-29(35)31(32,33)20-30(3)21-34(40(36,37)26-17-11-22(2)12-18-26)19-27(30)28(23-9-7-6-8-10-23)24-13-15-25(38-4)16-14-24/h6-18H,5,19-21H2,1-4H3/b28-27+/t30-/m1/s1. The van der Waals surface area contributed by atoms with Crippen LogP contribution in [-0.2, 0) is 19.6 Å². The van der Waals surface area contributed by atoms with Crippen molar-refractivity contribution in [2.45, 2.75) is 38.0 Å². The lowest BCUT2D eigenvalue weighted by molar-refractivity contribution is -0.175. The molecule has 1 heterocycles. The zero-order chi connectivity index (χ0) is 29.1. The fourth-order valence-electron chi connectivity index (χ4n) is 5.16. The van der Waals surface area contributed by atoms with Crippen LogP contribution in [0.5, 0.6) is 5.75 Å². The molecule has 40 heavy (non-hydrogen) atoms. The molecule has 0 unspecified atom stereocenters. The number of methoxy groups -OCH3 is 1. The molecule has 0 amide bonds. The molecule has 1 aliphatic heterocycles. The van der Waals surface area contributed by atoms with Crippen LogP contribution in [0.3, 0.4) is 0 Å². The Hall–Kier alpha value is -3.56. The zero-order valence-electron chi connectivity index (χ0n) is 23.0. The second kappa shape index (κ2) is 11.5. The summed E-state index contributed by atoms with van der Waals surface area (Å²) in [4.78, 5) is 12.4. The van der Waals surface area contributed by atoms with Gasteiger partial charge in [-0.25, -0.2) is 13.2 Å². The summed E-state index contributed by atoms with van der Waals surface area (Å²) in [7, 11) is -2.49. The van der Waals surface area contributed by atoms with Crippen LogP contribution in [0.2, 0.25) is 0 Å². The first kappa shape index (κ1) is 29.4. The van der Waals surface area contributed by atoms with Crippen LogP contribution in [0.25, 0.3) is 5.57 Å². The molecule has 1 aliphatic rings. The van der Waals surface area contributed by atoms with Gasteiger partial charge in [-0.3, -0.25) is 0 Å². The van der Waals surface area contributed by atoms with Crippen molar-refractivity contribution in [1.29, 1.82) is 0 Å². The third-order valence-corrected chi connectivity index (χ3v) is 8.98. The Morgan fingerprint density at radius 1 is 0.975 bits per heavy atom. The number of rotatable bonds is 9. The van der Waals surface area contributed by atoms with Gasteiger partial charge in [0.15, 0.2) is 0 Å². The number of aryl methyl sites for hydroxylation is 1. The van der Waals surface area contributed by atoms with Gasteiger partial charge < -0.3 is 9.47 Å². The largest absolute Gasteiger partial charge is 0.497 e. The third-order valence-electron chi connectivity index (χ3n) is 7.18. The highest BCUT2D eigenvalue weighted by molar-refractivity contribution is 7.89. The summed E-state index contributed by atoms with van der Waals surface area (Å²) < 4.78 is 69.4. The molecule has 1 atom stereocenters. The summed E-state index contributed by atoms with van der Waals surface area (Å²) >= 11 is 0. The van der Waals surface area contributed by atoms with Crippen molar-refractivity contribution in [1.82, 2.24) is 4.31 Å². The Kier molecular flexibility index (Phi) is 8.46. The number of ether oxygens (including phenoxy) is 2. The maximum atomic E-state index is 15.4. The van der Waals surface area contributed by atoms with Gasteiger partial charge >= 0.3 is 11.9 Å². The molecule has 0 saturated carbocycles. The van der Waals surface area contributed by atoms with E-state index in [2.05, 4.69) is 4.74 Å². The van der Waals surface area contributed by atoms with E-state index in [0.717, 1.165) is 11.1 Å². The summed E-state index contributed by atoms with van der Waals surface area (Å²) in [6.45, 7) is 4.35. The van der Waals surface area contributed by atoms with Crippen molar-refractivity contribution in [3.05, 3.63) is 101 Å². The number of carbonyl (C=O) groups excluding carboxylic acids is 1. The minimum Gasteiger partial charge on any atom is -0.497 e. The molecule has 0 aliphatic carbocycles. The number of nitrogens with zero attached hydrogens (tertiary/aromatic N) is 1. The van der Waals surface area contributed by atoms with Crippen molar-refractivity contribution in [2.24, 2.45) is 5.41 Å². The Bertz CT molecular complexity index is 1490. The van der Waals surface area contributed by atoms with Crippen LogP contribution in [0.1, 0.15) is 37.0 Å². The SMILES string of the molecule is CCOC(=O)C(F)(F)C[C@]1(C)CN(S(=O)(=O)c2ccc(C)cc2)C/C1=C(/c1ccccc1)c1ccc(OC)cc1. The third kappa shape index (κ3) is 5.95. The van der Waals surface area contributed by atoms with Crippen molar-refractivity contribution in [3.63, 3.8) is 0 Å². The van der Waals surface area contributed by atoms with Gasteiger partial charge in [-0.2, -0.15) is 13.1 Å². The maximum Gasteiger partial charge on any atom is 0.376 e. The lowest BCUT2D eigenvalue weighted by Gasteiger charge is -2.31. The molecular weight excluding hydrogens is 536 g/mol. The summed E-state index contributed by atoms with van der Waals surface area (Å²) in [6, 6.07) is 22.8. The van der Waals surface area contributed by atoms with E-state index in [1.165, 1.54) is 23.4 Å². The first-order valence-electron chi connectivity index (χ1n) is 13.0. The molecule has 0 bridgehead atoms. The van der Waals surface area contributed by atoms with Crippen molar-refractivity contribution < 1.29 is 31.5 Å². The average Bonchev–Trinajstić information content (AvgIpc) is 3.26. The maximum absolute atomic E-state index is 15.4. The normalized spacial score (nSPS) is 19.4. The molecule has 0 spiro atoms. The molecule has 0 aromatic heterocycles. The molecule has 0 N–H and O–H groups in total. The van der Waals surface area contributed by atoms with Crippen LogP contribution in [-0.4, -0.2) is 51.4 Å². The number of halogens is 2. The highest BCUT2D eigenvalue weighted by Crippen LogP contribution is 2.49. The predicted octanol–water partition coefficient (Wildman–Crippen LogP) is 6.10. The average molecular weight is 570 g/mol. The monoisotopic (exact) mass is 569 g/mol. The van der Waals surface area contributed by atoms with E-state index in [1.807, 2.05) is 49.4 Å². The van der Waals surface area contributed by atoms with E-state index in [1.54, 1.807) is 38.3 Å². The Balaban J connectivity index is 1.93. The lowest BCUT2D eigenvalue weighted by atomic mass is 9.75. The number of sulfonamides is 1. The van der Waals surface area contributed by atoms with E-state index >= 15 is 8.78 Å². The predicted molar refractivity (Wildman–Crippen MR) is 150 cm³/mol. The minimum absolute atomic E-state index is 0.0737. The number of esters is 1. The van der Waals surface area contributed by atoms with E-state index in [-0.39, 0.29) is 24.6 Å². The number of hydrogen-bond donors (Lipinski definition) is 0. The molecule has 1 saturated heterocycles. The molecule has 0 radical (unpaired) electrons. The Morgan fingerprint density at radius 3 is 2.15 bits per heavy atom. The van der Waals surface area contributed by atoms with Crippen LogP contribution in [0.4, 0.5) is 8.78 Å². The second-order valence-corrected chi connectivity index (χ2v) is 12.1. The minimum atomic E-state index is -4.04. The summed E-state index contributed by atoms with van der Waals surface area (Å²) in [6.07, 6.45) is -0.916. The van der Waals surface area contributed by atoms with E-state index in [4.69, 9.17) is 4.74 Å². The highest BCUT2D eigenvalue weighted by Gasteiger charge is 2.53. The lowest BCUT2D eigenvalue weighted by Crippen LogP contribution is -2.39. The molecule has 6 nitrogen and oxygen atoms in total. The first-order chi connectivity index (χ1) is 18.9. The second-order valence-electron chi connectivity index (χ2n) is 10.2. The van der Waals surface area contributed by atoms with Gasteiger partial charge in [0.1, 0.15) is 5.75 Å². The summed E-state index contributed by atoms with van der Waals surface area (Å²) in [5.41, 5.74) is 2.06. The van der Waals surface area contributed by atoms with Gasteiger partial charge in [-0.15, -0.1) is 0 Å². The molecule has 1 fully saturated rings. The number of benzene rings is 3. The van der Waals surface area contributed by atoms with Crippen molar-refractivity contribution >= 4 is 21.6 Å². The molecule has 9 heteroatoms. The van der Waals surface area contributed by atoms with E-state index < -0.39 is 33.8 Å². The summed E-state index contributed by atoms with van der Waals surface area (Å²) in [5, 5.41) is 0. The first-order valence-corrected chi connectivity index (χ1v) is 14.4. The molecule has 212 valence electrons. The molecule has 3 aromatic rings. The van der Waals surface area contributed by atoms with Crippen LogP contribution in [0.15, 0.2) is 89.3 Å². The quantitative estimate of drug-likeness (QED) is 0.291. The number of carbonyl (C=O) groups is 1. The molecular formula is C31H33F2NO5S. The topological polar surface area (TPSA) is 72.9 Å². The van der Waals surface area contributed by atoms with E-state index in [9.17, 15) is 13.2 Å². The number of alkyl halides is 2. The smallest absolute Gasteiger partial charge is 0.376 e. The fourth-order valence-corrected chi connectivity index (χ4v) is 6.69. The van der Waals surface area contributed by atoms with Crippen molar-refractivity contribution in [3.8, 4) is 5.75 Å². The van der Waals surface area contributed by atoms with Gasteiger partial charge in [0.05, 0.1) is 18.6 Å². The Labute approximate surface area is 234 Å². The van der Waals surface area contributed by atoms with Crippen LogP contribution >= 0.6 is 0 Å². The fraction of sp³-hybridized carbons (Fsp3) is 0.323. The van der Waals surface area contributed by atoms with Gasteiger partial charge in [-0.05, 0) is 60.4 Å². The van der Waals surface area contributed by atoms with Gasteiger partial charge in [0, 0.05) is 24.9 Å². The van der Waals surface area contributed by atoms with E-state index in [0.29, 0.717) is 22.5 Å². The Morgan fingerprint density at radius 2 is 1.57 bits per heavy atom. The summed E-state index contributed by atoms with van der Waals surface area (Å²) in [5.74, 6) is -4.84. The van der Waals surface area contributed by atoms with Crippen LogP contribution in [0, 0.1) is 12.3 Å².